The van der Waals surface area contributed by atoms with E-state index in [4.69, 9.17) is 4.52 Å². The van der Waals surface area contributed by atoms with E-state index >= 15 is 0 Å². The number of hydrogen-bond donors (Lipinski definition) is 1. The highest BCUT2D eigenvalue weighted by atomic mass is 16.5. The van der Waals surface area contributed by atoms with Gasteiger partial charge in [-0.1, -0.05) is 11.2 Å². The first-order valence-electron chi connectivity index (χ1n) is 8.22. The summed E-state index contributed by atoms with van der Waals surface area (Å²) < 4.78 is 4.97. The summed E-state index contributed by atoms with van der Waals surface area (Å²) in [7, 11) is 0. The van der Waals surface area contributed by atoms with E-state index in [-0.39, 0.29) is 11.9 Å². The van der Waals surface area contributed by atoms with Crippen molar-refractivity contribution in [1.29, 1.82) is 0 Å². The van der Waals surface area contributed by atoms with Crippen molar-refractivity contribution in [3.05, 3.63) is 41.9 Å². The molecule has 0 aromatic carbocycles. The minimum absolute atomic E-state index is 0.0542. The number of pyridine rings is 1. The first-order valence-corrected chi connectivity index (χ1v) is 8.22. The molecule has 2 aromatic heterocycles. The van der Waals surface area contributed by atoms with Crippen LogP contribution in [0.3, 0.4) is 0 Å². The fourth-order valence-electron chi connectivity index (χ4n) is 2.85. The number of aryl methyl sites for hydroxylation is 1. The monoisotopic (exact) mass is 329 g/mol. The molecular formula is C17H23N5O2. The molecule has 0 radical (unpaired) electrons. The molecule has 1 fully saturated rings. The molecule has 1 atom stereocenters. The number of nitrogens with one attached hydrogen (secondary N) is 1. The zero-order chi connectivity index (χ0) is 16.9. The highest BCUT2D eigenvalue weighted by Crippen LogP contribution is 2.12. The zero-order valence-electron chi connectivity index (χ0n) is 14.1. The van der Waals surface area contributed by atoms with E-state index in [1.807, 2.05) is 31.3 Å². The third-order valence-electron chi connectivity index (χ3n) is 4.33. The molecule has 1 N–H and O–H groups in total. The van der Waals surface area contributed by atoms with Gasteiger partial charge < -0.3 is 9.84 Å². The normalized spacial score (nSPS) is 17.6. The molecule has 3 rings (SSSR count). The lowest BCUT2D eigenvalue weighted by Gasteiger charge is -2.37. The van der Waals surface area contributed by atoms with E-state index in [1.54, 1.807) is 13.0 Å². The predicted molar refractivity (Wildman–Crippen MR) is 90.4 cm³/mol. The van der Waals surface area contributed by atoms with Crippen molar-refractivity contribution in [3.63, 3.8) is 0 Å². The van der Waals surface area contributed by atoms with Gasteiger partial charge in [-0.05, 0) is 26.0 Å². The van der Waals surface area contributed by atoms with Crippen molar-refractivity contribution in [2.24, 2.45) is 0 Å². The molecule has 7 heteroatoms. The molecule has 7 nitrogen and oxygen atoms in total. The summed E-state index contributed by atoms with van der Waals surface area (Å²) in [5, 5.41) is 6.60. The number of hydrogen-bond acceptors (Lipinski definition) is 6. The van der Waals surface area contributed by atoms with E-state index in [9.17, 15) is 4.79 Å². The van der Waals surface area contributed by atoms with Crippen molar-refractivity contribution in [1.82, 2.24) is 19.9 Å². The van der Waals surface area contributed by atoms with Crippen LogP contribution in [0.1, 0.15) is 18.4 Å². The van der Waals surface area contributed by atoms with E-state index in [1.165, 1.54) is 0 Å². The second-order valence-corrected chi connectivity index (χ2v) is 6.12. The Balaban J connectivity index is 1.47. The Morgan fingerprint density at radius 2 is 2.12 bits per heavy atom. The summed E-state index contributed by atoms with van der Waals surface area (Å²) in [6, 6.07) is 7.51. The second kappa shape index (κ2) is 7.55. The van der Waals surface area contributed by atoms with E-state index in [0.717, 1.165) is 38.4 Å². The molecule has 0 saturated carbocycles. The van der Waals surface area contributed by atoms with Crippen molar-refractivity contribution in [2.45, 2.75) is 26.4 Å². The lowest BCUT2D eigenvalue weighted by atomic mass is 10.2. The van der Waals surface area contributed by atoms with E-state index < -0.39 is 0 Å². The Hall–Kier alpha value is -2.25. The summed E-state index contributed by atoms with van der Waals surface area (Å²) in [5.74, 6) is 1.10. The van der Waals surface area contributed by atoms with Crippen LogP contribution in [0, 0.1) is 6.92 Å². The van der Waals surface area contributed by atoms with Gasteiger partial charge in [-0.25, -0.2) is 0 Å². The Kier molecular flexibility index (Phi) is 5.22. The van der Waals surface area contributed by atoms with E-state index in [0.29, 0.717) is 11.6 Å². The van der Waals surface area contributed by atoms with Crippen LogP contribution in [0.4, 0.5) is 5.82 Å². The molecule has 0 spiro atoms. The van der Waals surface area contributed by atoms with Crippen LogP contribution in [-0.2, 0) is 11.3 Å². The lowest BCUT2D eigenvalue weighted by molar-refractivity contribution is -0.121. The van der Waals surface area contributed by atoms with Crippen LogP contribution in [0.2, 0.25) is 0 Å². The van der Waals surface area contributed by atoms with Crippen molar-refractivity contribution >= 4 is 11.7 Å². The molecule has 2 aromatic rings. The first kappa shape index (κ1) is 16.6. The topological polar surface area (TPSA) is 74.5 Å². The number of carbonyl (C=O) groups is 1. The van der Waals surface area contributed by atoms with Gasteiger partial charge >= 0.3 is 0 Å². The second-order valence-electron chi connectivity index (χ2n) is 6.12. The van der Waals surface area contributed by atoms with Crippen molar-refractivity contribution < 1.29 is 9.32 Å². The van der Waals surface area contributed by atoms with Crippen LogP contribution in [0.25, 0.3) is 0 Å². The fraction of sp³-hybridized carbons (Fsp3) is 0.471. The number of rotatable bonds is 5. The smallest absolute Gasteiger partial charge is 0.242 e. The summed E-state index contributed by atoms with van der Waals surface area (Å²) in [5.41, 5.74) is 1.08. The Labute approximate surface area is 141 Å². The molecule has 0 bridgehead atoms. The van der Waals surface area contributed by atoms with Crippen molar-refractivity contribution in [2.75, 3.05) is 31.5 Å². The maximum atomic E-state index is 12.3. The third kappa shape index (κ3) is 4.18. The molecule has 1 saturated heterocycles. The van der Waals surface area contributed by atoms with Gasteiger partial charge in [0.2, 0.25) is 5.91 Å². The number of amides is 1. The average Bonchev–Trinajstić information content (AvgIpc) is 3.00. The number of anilines is 1. The molecule has 0 aliphatic carbocycles. The van der Waals surface area contributed by atoms with Gasteiger partial charge in [0.15, 0.2) is 5.82 Å². The zero-order valence-corrected chi connectivity index (χ0v) is 14.1. The number of carbonyl (C=O) groups excluding carboxylic acids is 1. The molecule has 1 aliphatic rings. The van der Waals surface area contributed by atoms with Crippen LogP contribution < -0.4 is 5.32 Å². The van der Waals surface area contributed by atoms with Crippen LogP contribution >= 0.6 is 0 Å². The number of nitrogens with zero attached hydrogens (tertiary/aromatic N) is 4. The maximum absolute atomic E-state index is 12.3. The Morgan fingerprint density at radius 1 is 1.33 bits per heavy atom. The minimum atomic E-state index is -0.195. The summed E-state index contributed by atoms with van der Waals surface area (Å²) in [6.45, 7) is 8.16. The maximum Gasteiger partial charge on any atom is 0.242 e. The quantitative estimate of drug-likeness (QED) is 0.896. The Bertz CT molecular complexity index is 665. The molecule has 3 heterocycles. The minimum Gasteiger partial charge on any atom is -0.360 e. The van der Waals surface area contributed by atoms with Gasteiger partial charge in [0.1, 0.15) is 5.76 Å². The highest BCUT2D eigenvalue weighted by molar-refractivity contribution is 5.93. The molecule has 128 valence electrons. The Morgan fingerprint density at radius 3 is 2.75 bits per heavy atom. The predicted octanol–water partition coefficient (Wildman–Crippen LogP) is 1.52. The third-order valence-corrected chi connectivity index (χ3v) is 4.33. The summed E-state index contributed by atoms with van der Waals surface area (Å²) in [6.07, 6.45) is 1.82. The molecule has 1 unspecified atom stereocenters. The summed E-state index contributed by atoms with van der Waals surface area (Å²) in [4.78, 5) is 21.3. The molecule has 1 amide bonds. The SMILES string of the molecule is Cc1cc(NC(=O)C(C)N2CCN(Cc3ccccn3)CC2)no1. The van der Waals surface area contributed by atoms with Crippen LogP contribution in [0.5, 0.6) is 0 Å². The number of piperazine rings is 1. The van der Waals surface area contributed by atoms with E-state index in [2.05, 4.69) is 25.3 Å². The van der Waals surface area contributed by atoms with Gasteiger partial charge in [-0.3, -0.25) is 19.6 Å². The van der Waals surface area contributed by atoms with Gasteiger partial charge in [0, 0.05) is 45.0 Å². The lowest BCUT2D eigenvalue weighted by Crippen LogP contribution is -2.52. The summed E-state index contributed by atoms with van der Waals surface area (Å²) >= 11 is 0. The average molecular weight is 329 g/mol. The largest absolute Gasteiger partial charge is 0.360 e. The van der Waals surface area contributed by atoms with Crippen LogP contribution in [0.15, 0.2) is 35.0 Å². The van der Waals surface area contributed by atoms with Gasteiger partial charge in [-0.2, -0.15) is 0 Å². The van der Waals surface area contributed by atoms with Crippen LogP contribution in [-0.4, -0.2) is 58.1 Å². The molecular weight excluding hydrogens is 306 g/mol. The number of aromatic nitrogens is 2. The molecule has 1 aliphatic heterocycles. The van der Waals surface area contributed by atoms with Crippen molar-refractivity contribution in [3.8, 4) is 0 Å². The van der Waals surface area contributed by atoms with Gasteiger partial charge in [0.05, 0.1) is 11.7 Å². The highest BCUT2D eigenvalue weighted by Gasteiger charge is 2.26. The fourth-order valence-corrected chi connectivity index (χ4v) is 2.85. The van der Waals surface area contributed by atoms with Gasteiger partial charge in [-0.15, -0.1) is 0 Å². The van der Waals surface area contributed by atoms with Gasteiger partial charge in [0.25, 0.3) is 0 Å². The first-order chi connectivity index (χ1) is 11.6. The standard InChI is InChI=1S/C17H23N5O2/c1-13-11-16(20-24-13)19-17(23)14(2)22-9-7-21(8-10-22)12-15-5-3-4-6-18-15/h3-6,11,14H,7-10,12H2,1-2H3,(H,19,20,23). The molecule has 24 heavy (non-hydrogen) atoms.